The third kappa shape index (κ3) is 2.40. The number of hydrogen-bond acceptors (Lipinski definition) is 2. The first kappa shape index (κ1) is 13.7. The number of rotatable bonds is 4. The SMILES string of the molecule is CCOC(=O)Cc1ccc2c(c1)c1ccccc1n2CC. The Hall–Kier alpha value is -2.29. The van der Waals surface area contributed by atoms with E-state index >= 15 is 0 Å². The number of fused-ring (bicyclic) bond motifs is 3. The van der Waals surface area contributed by atoms with Crippen molar-refractivity contribution in [2.75, 3.05) is 6.61 Å². The molecule has 0 radical (unpaired) electrons. The van der Waals surface area contributed by atoms with Gasteiger partial charge in [0.25, 0.3) is 0 Å². The second-order valence-corrected chi connectivity index (χ2v) is 5.09. The summed E-state index contributed by atoms with van der Waals surface area (Å²) >= 11 is 0. The first-order valence-electron chi connectivity index (χ1n) is 7.40. The molecule has 3 heteroatoms. The van der Waals surface area contributed by atoms with E-state index in [1.54, 1.807) is 0 Å². The van der Waals surface area contributed by atoms with Crippen LogP contribution in [0.25, 0.3) is 21.8 Å². The Morgan fingerprint density at radius 3 is 2.57 bits per heavy atom. The van der Waals surface area contributed by atoms with Gasteiger partial charge >= 0.3 is 5.97 Å². The fourth-order valence-corrected chi connectivity index (χ4v) is 2.93. The van der Waals surface area contributed by atoms with Crippen LogP contribution in [-0.4, -0.2) is 17.1 Å². The van der Waals surface area contributed by atoms with Crippen LogP contribution in [0.15, 0.2) is 42.5 Å². The van der Waals surface area contributed by atoms with Gasteiger partial charge in [0, 0.05) is 28.4 Å². The molecule has 0 fully saturated rings. The molecule has 3 rings (SSSR count). The number of benzene rings is 2. The molecule has 0 aliphatic heterocycles. The van der Waals surface area contributed by atoms with Gasteiger partial charge in [0.1, 0.15) is 0 Å². The Balaban J connectivity index is 2.13. The van der Waals surface area contributed by atoms with Gasteiger partial charge in [-0.15, -0.1) is 0 Å². The topological polar surface area (TPSA) is 31.2 Å². The number of hydrogen-bond donors (Lipinski definition) is 0. The maximum atomic E-state index is 11.6. The second kappa shape index (κ2) is 5.60. The van der Waals surface area contributed by atoms with Crippen molar-refractivity contribution in [1.29, 1.82) is 0 Å². The van der Waals surface area contributed by atoms with Gasteiger partial charge in [0.15, 0.2) is 0 Å². The zero-order chi connectivity index (χ0) is 14.8. The zero-order valence-corrected chi connectivity index (χ0v) is 12.4. The molecule has 0 unspecified atom stereocenters. The van der Waals surface area contributed by atoms with Crippen LogP contribution in [0.3, 0.4) is 0 Å². The molecule has 0 aliphatic rings. The minimum absolute atomic E-state index is 0.170. The first-order valence-corrected chi connectivity index (χ1v) is 7.40. The van der Waals surface area contributed by atoms with Crippen LogP contribution in [0.1, 0.15) is 19.4 Å². The Kier molecular flexibility index (Phi) is 3.65. The Morgan fingerprint density at radius 2 is 1.81 bits per heavy atom. The maximum Gasteiger partial charge on any atom is 0.310 e. The first-order chi connectivity index (χ1) is 10.2. The van der Waals surface area contributed by atoms with Crippen LogP contribution < -0.4 is 0 Å². The molecule has 3 aromatic rings. The van der Waals surface area contributed by atoms with Gasteiger partial charge in [-0.2, -0.15) is 0 Å². The molecule has 108 valence electrons. The van der Waals surface area contributed by atoms with E-state index in [1.165, 1.54) is 21.8 Å². The summed E-state index contributed by atoms with van der Waals surface area (Å²) in [5.41, 5.74) is 3.45. The lowest BCUT2D eigenvalue weighted by atomic mass is 10.1. The van der Waals surface area contributed by atoms with Crippen molar-refractivity contribution < 1.29 is 9.53 Å². The minimum atomic E-state index is -0.170. The molecule has 0 atom stereocenters. The lowest BCUT2D eigenvalue weighted by Crippen LogP contribution is -2.07. The molecular weight excluding hydrogens is 262 g/mol. The van der Waals surface area contributed by atoms with Crippen molar-refractivity contribution in [1.82, 2.24) is 4.57 Å². The minimum Gasteiger partial charge on any atom is -0.466 e. The van der Waals surface area contributed by atoms with E-state index in [-0.39, 0.29) is 5.97 Å². The molecule has 1 aromatic heterocycles. The monoisotopic (exact) mass is 281 g/mol. The van der Waals surface area contributed by atoms with Gasteiger partial charge < -0.3 is 9.30 Å². The van der Waals surface area contributed by atoms with Crippen molar-refractivity contribution in [3.8, 4) is 0 Å². The molecule has 0 saturated carbocycles. The molecular formula is C18H19NO2. The number of esters is 1. The van der Waals surface area contributed by atoms with E-state index in [0.717, 1.165) is 12.1 Å². The van der Waals surface area contributed by atoms with Crippen molar-refractivity contribution in [3.05, 3.63) is 48.0 Å². The summed E-state index contributed by atoms with van der Waals surface area (Å²) in [6.07, 6.45) is 0.329. The van der Waals surface area contributed by atoms with Crippen LogP contribution >= 0.6 is 0 Å². The highest BCUT2D eigenvalue weighted by Gasteiger charge is 2.11. The smallest absolute Gasteiger partial charge is 0.310 e. The highest BCUT2D eigenvalue weighted by atomic mass is 16.5. The maximum absolute atomic E-state index is 11.6. The van der Waals surface area contributed by atoms with Gasteiger partial charge in [0.2, 0.25) is 0 Å². The third-order valence-corrected chi connectivity index (χ3v) is 3.81. The molecule has 0 spiro atoms. The normalized spacial score (nSPS) is 11.1. The molecule has 2 aromatic carbocycles. The Morgan fingerprint density at radius 1 is 1.05 bits per heavy atom. The number of nitrogens with zero attached hydrogens (tertiary/aromatic N) is 1. The predicted octanol–water partition coefficient (Wildman–Crippen LogP) is 3.92. The standard InChI is InChI=1S/C18H19NO2/c1-3-19-16-8-6-5-7-14(16)15-11-13(9-10-17(15)19)12-18(20)21-4-2/h5-11H,3-4,12H2,1-2H3. The van der Waals surface area contributed by atoms with E-state index in [0.29, 0.717) is 13.0 Å². The summed E-state index contributed by atoms with van der Waals surface area (Å²) in [6.45, 7) is 5.34. The molecule has 3 nitrogen and oxygen atoms in total. The fraction of sp³-hybridized carbons (Fsp3) is 0.278. The molecule has 0 saturated heterocycles. The van der Waals surface area contributed by atoms with Gasteiger partial charge in [-0.05, 0) is 37.6 Å². The van der Waals surface area contributed by atoms with E-state index in [4.69, 9.17) is 4.74 Å². The van der Waals surface area contributed by atoms with Crippen LogP contribution in [0, 0.1) is 0 Å². The third-order valence-electron chi connectivity index (χ3n) is 3.81. The number of aryl methyl sites for hydroxylation is 1. The van der Waals surface area contributed by atoms with Crippen LogP contribution in [0.2, 0.25) is 0 Å². The van der Waals surface area contributed by atoms with Crippen LogP contribution in [0.4, 0.5) is 0 Å². The van der Waals surface area contributed by atoms with Crippen LogP contribution in [-0.2, 0) is 22.5 Å². The zero-order valence-electron chi connectivity index (χ0n) is 12.4. The van der Waals surface area contributed by atoms with E-state index in [1.807, 2.05) is 13.0 Å². The summed E-state index contributed by atoms with van der Waals surface area (Å²) < 4.78 is 7.33. The molecule has 0 N–H and O–H groups in total. The van der Waals surface area contributed by atoms with Gasteiger partial charge in [-0.1, -0.05) is 24.3 Å². The van der Waals surface area contributed by atoms with Crippen molar-refractivity contribution in [2.45, 2.75) is 26.8 Å². The lowest BCUT2D eigenvalue weighted by Gasteiger charge is -2.04. The number of aromatic nitrogens is 1. The largest absolute Gasteiger partial charge is 0.466 e. The van der Waals surface area contributed by atoms with E-state index in [9.17, 15) is 4.79 Å². The Bertz CT molecular complexity index is 801. The van der Waals surface area contributed by atoms with Crippen LogP contribution in [0.5, 0.6) is 0 Å². The average Bonchev–Trinajstić information content (AvgIpc) is 2.81. The van der Waals surface area contributed by atoms with E-state index < -0.39 is 0 Å². The molecule has 0 amide bonds. The number of para-hydroxylation sites is 1. The van der Waals surface area contributed by atoms with Gasteiger partial charge in [-0.25, -0.2) is 0 Å². The fourth-order valence-electron chi connectivity index (χ4n) is 2.93. The number of ether oxygens (including phenoxy) is 1. The highest BCUT2D eigenvalue weighted by molar-refractivity contribution is 6.08. The summed E-state index contributed by atoms with van der Waals surface area (Å²) in [6, 6.07) is 14.6. The highest BCUT2D eigenvalue weighted by Crippen LogP contribution is 2.29. The number of carbonyl (C=O) groups is 1. The van der Waals surface area contributed by atoms with E-state index in [2.05, 4.69) is 47.9 Å². The molecule has 1 heterocycles. The lowest BCUT2D eigenvalue weighted by molar-refractivity contribution is -0.142. The van der Waals surface area contributed by atoms with Crippen molar-refractivity contribution in [3.63, 3.8) is 0 Å². The number of carbonyl (C=O) groups excluding carboxylic acids is 1. The van der Waals surface area contributed by atoms with Crippen molar-refractivity contribution >= 4 is 27.8 Å². The Labute approximate surface area is 124 Å². The van der Waals surface area contributed by atoms with Gasteiger partial charge in [-0.3, -0.25) is 4.79 Å². The second-order valence-electron chi connectivity index (χ2n) is 5.09. The van der Waals surface area contributed by atoms with Gasteiger partial charge in [0.05, 0.1) is 13.0 Å². The molecule has 21 heavy (non-hydrogen) atoms. The summed E-state index contributed by atoms with van der Waals surface area (Å²) in [4.78, 5) is 11.6. The van der Waals surface area contributed by atoms with Crippen molar-refractivity contribution in [2.24, 2.45) is 0 Å². The molecule has 0 bridgehead atoms. The quantitative estimate of drug-likeness (QED) is 0.679. The summed E-state index contributed by atoms with van der Waals surface area (Å²) in [5, 5.41) is 2.44. The average molecular weight is 281 g/mol. The summed E-state index contributed by atoms with van der Waals surface area (Å²) in [7, 11) is 0. The predicted molar refractivity (Wildman–Crippen MR) is 85.5 cm³/mol. The summed E-state index contributed by atoms with van der Waals surface area (Å²) in [5.74, 6) is -0.170. The molecule has 0 aliphatic carbocycles.